The van der Waals surface area contributed by atoms with Crippen molar-refractivity contribution in [3.63, 3.8) is 0 Å². The molecule has 3 nitrogen and oxygen atoms in total. The molecule has 0 amide bonds. The molecule has 0 fully saturated rings. The van der Waals surface area contributed by atoms with Gasteiger partial charge in [0.2, 0.25) is 0 Å². The molecule has 3 aromatic carbocycles. The van der Waals surface area contributed by atoms with E-state index in [2.05, 4.69) is 0 Å². The molecule has 1 aromatic heterocycles. The van der Waals surface area contributed by atoms with Crippen LogP contribution >= 0.6 is 11.6 Å². The Hall–Kier alpha value is -3.04. The predicted octanol–water partition coefficient (Wildman–Crippen LogP) is 6.02. The largest absolute Gasteiger partial charge is 0.477 e. The van der Waals surface area contributed by atoms with Crippen LogP contribution in [0.4, 0.5) is 0 Å². The smallest absolute Gasteiger partial charge is 0.353 e. The Morgan fingerprint density at radius 3 is 2.37 bits per heavy atom. The van der Waals surface area contributed by atoms with Crippen molar-refractivity contribution >= 4 is 28.5 Å². The van der Waals surface area contributed by atoms with E-state index in [0.29, 0.717) is 17.1 Å². The highest BCUT2D eigenvalue weighted by atomic mass is 35.5. The van der Waals surface area contributed by atoms with Crippen LogP contribution in [0.5, 0.6) is 0 Å². The van der Waals surface area contributed by atoms with E-state index in [-0.39, 0.29) is 5.69 Å². The number of nitrogens with zero attached hydrogens (tertiary/aromatic N) is 1. The summed E-state index contributed by atoms with van der Waals surface area (Å²) in [6.45, 7) is 2.49. The average Bonchev–Trinajstić information content (AvgIpc) is 2.97. The summed E-state index contributed by atoms with van der Waals surface area (Å²) in [5.74, 6) is -0.950. The molecule has 0 saturated carbocycles. The molecular weight excluding hydrogens is 358 g/mol. The van der Waals surface area contributed by atoms with Crippen LogP contribution < -0.4 is 0 Å². The zero-order valence-electron chi connectivity index (χ0n) is 14.8. The number of aromatic carboxylic acids is 1. The Bertz CT molecular complexity index is 1130. The van der Waals surface area contributed by atoms with Crippen LogP contribution in [0.1, 0.15) is 21.6 Å². The number of carboxylic acid groups (broad SMARTS) is 1. The van der Waals surface area contributed by atoms with E-state index in [1.807, 2.05) is 78.2 Å². The maximum atomic E-state index is 12.3. The number of benzene rings is 3. The van der Waals surface area contributed by atoms with Gasteiger partial charge in [0, 0.05) is 28.0 Å². The summed E-state index contributed by atoms with van der Waals surface area (Å²) in [6.07, 6.45) is 0. The number of rotatable bonds is 4. The highest BCUT2D eigenvalue weighted by Gasteiger charge is 2.23. The van der Waals surface area contributed by atoms with Crippen LogP contribution in [0, 0.1) is 6.92 Å². The second kappa shape index (κ2) is 6.93. The number of halogens is 1. The van der Waals surface area contributed by atoms with Gasteiger partial charge in [-0.05, 0) is 36.2 Å². The molecule has 0 saturated heterocycles. The molecular formula is C23H18ClNO2. The zero-order chi connectivity index (χ0) is 19.0. The lowest BCUT2D eigenvalue weighted by Gasteiger charge is -2.10. The number of hydrogen-bond donors (Lipinski definition) is 1. The maximum Gasteiger partial charge on any atom is 0.353 e. The predicted molar refractivity (Wildman–Crippen MR) is 110 cm³/mol. The van der Waals surface area contributed by atoms with Gasteiger partial charge in [-0.2, -0.15) is 0 Å². The van der Waals surface area contributed by atoms with Crippen molar-refractivity contribution in [1.29, 1.82) is 0 Å². The lowest BCUT2D eigenvalue weighted by Crippen LogP contribution is -2.10. The van der Waals surface area contributed by atoms with Gasteiger partial charge >= 0.3 is 5.97 Å². The third-order valence-electron chi connectivity index (χ3n) is 4.75. The minimum absolute atomic E-state index is 0.278. The molecule has 27 heavy (non-hydrogen) atoms. The van der Waals surface area contributed by atoms with Gasteiger partial charge in [0.25, 0.3) is 0 Å². The minimum Gasteiger partial charge on any atom is -0.477 e. The molecule has 1 N–H and O–H groups in total. The van der Waals surface area contributed by atoms with Gasteiger partial charge in [-0.15, -0.1) is 0 Å². The highest BCUT2D eigenvalue weighted by molar-refractivity contribution is 6.31. The van der Waals surface area contributed by atoms with Crippen molar-refractivity contribution in [1.82, 2.24) is 4.57 Å². The van der Waals surface area contributed by atoms with Crippen LogP contribution in [0.3, 0.4) is 0 Å². The summed E-state index contributed by atoms with van der Waals surface area (Å²) in [4.78, 5) is 12.3. The fourth-order valence-electron chi connectivity index (χ4n) is 3.49. The maximum absolute atomic E-state index is 12.3. The molecule has 4 rings (SSSR count). The van der Waals surface area contributed by atoms with Crippen LogP contribution in [0.15, 0.2) is 72.8 Å². The van der Waals surface area contributed by atoms with E-state index in [1.54, 1.807) is 6.07 Å². The molecule has 0 aliphatic heterocycles. The third kappa shape index (κ3) is 3.22. The molecule has 4 aromatic rings. The Morgan fingerprint density at radius 1 is 1.00 bits per heavy atom. The van der Waals surface area contributed by atoms with Gasteiger partial charge in [0.1, 0.15) is 5.69 Å². The molecule has 0 radical (unpaired) electrons. The Kier molecular flexibility index (Phi) is 4.46. The molecule has 0 aliphatic carbocycles. The molecule has 4 heteroatoms. The monoisotopic (exact) mass is 375 g/mol. The van der Waals surface area contributed by atoms with Crippen molar-refractivity contribution in [3.05, 3.63) is 94.6 Å². The van der Waals surface area contributed by atoms with Gasteiger partial charge in [-0.25, -0.2) is 4.79 Å². The molecule has 0 aliphatic rings. The van der Waals surface area contributed by atoms with Gasteiger partial charge in [0.05, 0.1) is 0 Å². The quantitative estimate of drug-likeness (QED) is 0.474. The SMILES string of the molecule is Cc1ccc(-c2c(C(=O)O)n(Cc3ccccc3)c3ccc(Cl)cc23)cc1. The number of aromatic nitrogens is 1. The number of aryl methyl sites for hydroxylation is 1. The van der Waals surface area contributed by atoms with Crippen molar-refractivity contribution in [2.75, 3.05) is 0 Å². The van der Waals surface area contributed by atoms with E-state index in [9.17, 15) is 9.90 Å². The van der Waals surface area contributed by atoms with Crippen molar-refractivity contribution in [2.24, 2.45) is 0 Å². The first-order valence-electron chi connectivity index (χ1n) is 8.70. The molecule has 0 unspecified atom stereocenters. The normalized spacial score (nSPS) is 11.0. The second-order valence-electron chi connectivity index (χ2n) is 6.63. The Morgan fingerprint density at radius 2 is 1.70 bits per heavy atom. The van der Waals surface area contributed by atoms with Crippen LogP contribution in [-0.2, 0) is 6.54 Å². The fourth-order valence-corrected chi connectivity index (χ4v) is 3.66. The average molecular weight is 376 g/mol. The van der Waals surface area contributed by atoms with Gasteiger partial charge in [0.15, 0.2) is 0 Å². The number of hydrogen-bond acceptors (Lipinski definition) is 1. The van der Waals surface area contributed by atoms with E-state index in [4.69, 9.17) is 11.6 Å². The van der Waals surface area contributed by atoms with Crippen LogP contribution in [0.25, 0.3) is 22.0 Å². The standard InChI is InChI=1S/C23H18ClNO2/c1-15-7-9-17(10-8-15)21-19-13-18(24)11-12-20(19)25(22(21)23(26)27)14-16-5-3-2-4-6-16/h2-13H,14H2,1H3,(H,26,27). The Labute approximate surface area is 162 Å². The number of fused-ring (bicyclic) bond motifs is 1. The Balaban J connectivity index is 2.03. The zero-order valence-corrected chi connectivity index (χ0v) is 15.6. The van der Waals surface area contributed by atoms with E-state index < -0.39 is 5.97 Å². The molecule has 134 valence electrons. The van der Waals surface area contributed by atoms with E-state index >= 15 is 0 Å². The first-order chi connectivity index (χ1) is 13.0. The highest BCUT2D eigenvalue weighted by Crippen LogP contribution is 2.37. The lowest BCUT2D eigenvalue weighted by molar-refractivity contribution is 0.0687. The fraction of sp³-hybridized carbons (Fsp3) is 0.0870. The summed E-state index contributed by atoms with van der Waals surface area (Å²) < 4.78 is 1.86. The first kappa shape index (κ1) is 17.4. The molecule has 0 spiro atoms. The minimum atomic E-state index is -0.950. The van der Waals surface area contributed by atoms with Gasteiger partial charge in [-0.3, -0.25) is 0 Å². The van der Waals surface area contributed by atoms with Gasteiger partial charge in [-0.1, -0.05) is 71.8 Å². The van der Waals surface area contributed by atoms with Crippen molar-refractivity contribution in [3.8, 4) is 11.1 Å². The van der Waals surface area contributed by atoms with Crippen molar-refractivity contribution < 1.29 is 9.90 Å². The summed E-state index contributed by atoms with van der Waals surface area (Å²) in [5.41, 5.74) is 4.88. The summed E-state index contributed by atoms with van der Waals surface area (Å²) >= 11 is 6.25. The first-order valence-corrected chi connectivity index (χ1v) is 9.08. The lowest BCUT2D eigenvalue weighted by atomic mass is 10.0. The van der Waals surface area contributed by atoms with Crippen LogP contribution in [-0.4, -0.2) is 15.6 Å². The van der Waals surface area contributed by atoms with E-state index in [1.165, 1.54) is 0 Å². The van der Waals surface area contributed by atoms with Crippen molar-refractivity contribution in [2.45, 2.75) is 13.5 Å². The summed E-state index contributed by atoms with van der Waals surface area (Å²) in [7, 11) is 0. The summed E-state index contributed by atoms with van der Waals surface area (Å²) in [6, 6.07) is 23.3. The van der Waals surface area contributed by atoms with Gasteiger partial charge < -0.3 is 9.67 Å². The molecule has 0 bridgehead atoms. The number of carbonyl (C=O) groups is 1. The number of carboxylic acids is 1. The van der Waals surface area contributed by atoms with E-state index in [0.717, 1.165) is 27.6 Å². The second-order valence-corrected chi connectivity index (χ2v) is 7.06. The third-order valence-corrected chi connectivity index (χ3v) is 4.99. The molecule has 1 heterocycles. The summed E-state index contributed by atoms with van der Waals surface area (Å²) in [5, 5.41) is 11.5. The topological polar surface area (TPSA) is 42.2 Å². The molecule has 0 atom stereocenters. The van der Waals surface area contributed by atoms with Crippen LogP contribution in [0.2, 0.25) is 5.02 Å².